The van der Waals surface area contributed by atoms with E-state index in [1.165, 1.54) is 22.2 Å². The Balaban J connectivity index is 1.35. The molecule has 3 amide bonds. The van der Waals surface area contributed by atoms with E-state index in [2.05, 4.69) is 34.5 Å². The summed E-state index contributed by atoms with van der Waals surface area (Å²) in [5.41, 5.74) is 2.41. The Morgan fingerprint density at radius 3 is 2.11 bits per heavy atom. The number of carbonyl (C=O) groups is 3. The van der Waals surface area contributed by atoms with Gasteiger partial charge in [-0.25, -0.2) is 0 Å². The van der Waals surface area contributed by atoms with Gasteiger partial charge >= 0.3 is 0 Å². The number of amides is 3. The molecule has 8 nitrogen and oxygen atoms in total. The van der Waals surface area contributed by atoms with Crippen molar-refractivity contribution in [2.75, 3.05) is 45.0 Å². The molecule has 0 unspecified atom stereocenters. The highest BCUT2D eigenvalue weighted by atomic mass is 32.2. The zero-order valence-electron chi connectivity index (χ0n) is 19.3. The number of imide groups is 1. The van der Waals surface area contributed by atoms with Crippen molar-refractivity contribution in [3.05, 3.63) is 83.6 Å². The zero-order chi connectivity index (χ0) is 24.6. The SMILES string of the molecule is N#C/C(=C/NCCN1C(=O)CSC1=O)C(=O)N1CCN(C(c2ccccc2)c2ccccc2)CC1. The third-order valence-electron chi connectivity index (χ3n) is 6.11. The number of hydrogen-bond acceptors (Lipinski definition) is 7. The van der Waals surface area contributed by atoms with Gasteiger partial charge in [-0.2, -0.15) is 5.26 Å². The van der Waals surface area contributed by atoms with Gasteiger partial charge in [0.05, 0.1) is 11.8 Å². The molecule has 180 valence electrons. The summed E-state index contributed by atoms with van der Waals surface area (Å²) in [5, 5.41) is 12.2. The number of nitrogens with one attached hydrogen (secondary N) is 1. The summed E-state index contributed by atoms with van der Waals surface area (Å²) in [7, 11) is 0. The molecule has 0 aliphatic carbocycles. The fourth-order valence-electron chi connectivity index (χ4n) is 4.33. The first-order chi connectivity index (χ1) is 17.1. The lowest BCUT2D eigenvalue weighted by atomic mass is 9.96. The number of rotatable bonds is 8. The Kier molecular flexibility index (Phi) is 8.19. The molecule has 0 atom stereocenters. The molecule has 2 aromatic carbocycles. The minimum atomic E-state index is -0.320. The second-order valence-corrected chi connectivity index (χ2v) is 9.20. The molecule has 2 aliphatic rings. The van der Waals surface area contributed by atoms with Crippen LogP contribution in [-0.2, 0) is 9.59 Å². The van der Waals surface area contributed by atoms with Crippen LogP contribution in [0.4, 0.5) is 4.79 Å². The standard InChI is InChI=1S/C26H27N5O3S/c27-17-22(18-28-11-12-31-23(32)19-35-26(31)34)25(33)30-15-13-29(14-16-30)24(20-7-3-1-4-8-20)21-9-5-2-6-10-21/h1-10,18,24,28H,11-16,19H2/b22-18-. The first-order valence-corrected chi connectivity index (χ1v) is 12.5. The number of nitriles is 1. The molecule has 0 radical (unpaired) electrons. The molecule has 2 aromatic rings. The molecule has 4 rings (SSSR count). The minimum Gasteiger partial charge on any atom is -0.388 e. The van der Waals surface area contributed by atoms with E-state index >= 15 is 0 Å². The quantitative estimate of drug-likeness (QED) is 0.346. The average Bonchev–Trinajstić information content (AvgIpc) is 3.22. The van der Waals surface area contributed by atoms with Gasteiger partial charge in [-0.15, -0.1) is 0 Å². The van der Waals surface area contributed by atoms with E-state index in [0.29, 0.717) is 26.2 Å². The van der Waals surface area contributed by atoms with Crippen molar-refractivity contribution in [1.29, 1.82) is 5.26 Å². The summed E-state index contributed by atoms with van der Waals surface area (Å²) in [4.78, 5) is 41.5. The van der Waals surface area contributed by atoms with Gasteiger partial charge < -0.3 is 10.2 Å². The topological polar surface area (TPSA) is 96.8 Å². The fraction of sp³-hybridized carbons (Fsp3) is 0.308. The van der Waals surface area contributed by atoms with Crippen LogP contribution in [0.3, 0.4) is 0 Å². The molecule has 1 N–H and O–H groups in total. The minimum absolute atomic E-state index is 0.00886. The first-order valence-electron chi connectivity index (χ1n) is 11.5. The van der Waals surface area contributed by atoms with E-state index < -0.39 is 0 Å². The fourth-order valence-corrected chi connectivity index (χ4v) is 5.08. The van der Waals surface area contributed by atoms with Crippen LogP contribution in [-0.4, -0.2) is 76.8 Å². The number of nitrogens with zero attached hydrogens (tertiary/aromatic N) is 4. The number of carbonyl (C=O) groups excluding carboxylic acids is 3. The molecule has 2 heterocycles. The Labute approximate surface area is 209 Å². The molecule has 0 bridgehead atoms. The van der Waals surface area contributed by atoms with Crippen LogP contribution in [0.1, 0.15) is 17.2 Å². The van der Waals surface area contributed by atoms with Gasteiger partial charge in [0.2, 0.25) is 5.91 Å². The summed E-state index contributed by atoms with van der Waals surface area (Å²) in [6.45, 7) is 2.88. The molecule has 2 saturated heterocycles. The van der Waals surface area contributed by atoms with Crippen molar-refractivity contribution in [3.8, 4) is 6.07 Å². The molecule has 0 spiro atoms. The lowest BCUT2D eigenvalue weighted by Gasteiger charge is -2.39. The van der Waals surface area contributed by atoms with E-state index in [1.54, 1.807) is 4.90 Å². The van der Waals surface area contributed by atoms with Gasteiger partial charge in [0, 0.05) is 45.5 Å². The summed E-state index contributed by atoms with van der Waals surface area (Å²) >= 11 is 0.982. The predicted octanol–water partition coefficient (Wildman–Crippen LogP) is 2.61. The van der Waals surface area contributed by atoms with E-state index in [4.69, 9.17) is 0 Å². The van der Waals surface area contributed by atoms with Gasteiger partial charge in [0.1, 0.15) is 11.6 Å². The van der Waals surface area contributed by atoms with Gasteiger partial charge in [0.15, 0.2) is 0 Å². The van der Waals surface area contributed by atoms with E-state index in [0.717, 1.165) is 11.8 Å². The first kappa shape index (κ1) is 24.5. The van der Waals surface area contributed by atoms with E-state index in [-0.39, 0.29) is 47.5 Å². The molecule has 2 fully saturated rings. The van der Waals surface area contributed by atoms with Crippen molar-refractivity contribution < 1.29 is 14.4 Å². The van der Waals surface area contributed by atoms with Gasteiger partial charge in [-0.05, 0) is 11.1 Å². The van der Waals surface area contributed by atoms with Crippen molar-refractivity contribution in [3.63, 3.8) is 0 Å². The molecule has 0 aromatic heterocycles. The van der Waals surface area contributed by atoms with Crippen molar-refractivity contribution in [2.24, 2.45) is 0 Å². The second-order valence-electron chi connectivity index (χ2n) is 8.28. The van der Waals surface area contributed by atoms with E-state index in [1.807, 2.05) is 42.5 Å². The summed E-state index contributed by atoms with van der Waals surface area (Å²) < 4.78 is 0. The van der Waals surface area contributed by atoms with Crippen LogP contribution in [0, 0.1) is 11.3 Å². The third-order valence-corrected chi connectivity index (χ3v) is 6.97. The van der Waals surface area contributed by atoms with Crippen LogP contribution in [0.2, 0.25) is 0 Å². The number of thioether (sulfide) groups is 1. The lowest BCUT2D eigenvalue weighted by molar-refractivity contribution is -0.128. The largest absolute Gasteiger partial charge is 0.388 e. The maximum absolute atomic E-state index is 13.0. The zero-order valence-corrected chi connectivity index (χ0v) is 20.1. The van der Waals surface area contributed by atoms with Crippen LogP contribution >= 0.6 is 11.8 Å². The summed E-state index contributed by atoms with van der Waals surface area (Å²) in [6.07, 6.45) is 1.38. The Morgan fingerprint density at radius 1 is 1.00 bits per heavy atom. The summed E-state index contributed by atoms with van der Waals surface area (Å²) in [5.74, 6) is -0.373. The highest BCUT2D eigenvalue weighted by Gasteiger charge is 2.30. The maximum atomic E-state index is 13.0. The predicted molar refractivity (Wildman–Crippen MR) is 134 cm³/mol. The van der Waals surface area contributed by atoms with Crippen LogP contribution in [0.25, 0.3) is 0 Å². The normalized spacial score (nSPS) is 17.1. The van der Waals surface area contributed by atoms with Gasteiger partial charge in [0.25, 0.3) is 11.1 Å². The Morgan fingerprint density at radius 2 is 1.60 bits per heavy atom. The third kappa shape index (κ3) is 5.91. The monoisotopic (exact) mass is 489 g/mol. The molecule has 9 heteroatoms. The Bertz CT molecular complexity index is 1070. The van der Waals surface area contributed by atoms with Crippen molar-refractivity contribution in [2.45, 2.75) is 6.04 Å². The molecule has 35 heavy (non-hydrogen) atoms. The number of hydrogen-bond donors (Lipinski definition) is 1. The Hall–Kier alpha value is -3.61. The maximum Gasteiger partial charge on any atom is 0.288 e. The lowest BCUT2D eigenvalue weighted by Crippen LogP contribution is -2.50. The van der Waals surface area contributed by atoms with Gasteiger partial charge in [-0.3, -0.25) is 24.2 Å². The highest BCUT2D eigenvalue weighted by molar-refractivity contribution is 8.14. The molecular weight excluding hydrogens is 462 g/mol. The average molecular weight is 490 g/mol. The van der Waals surface area contributed by atoms with Crippen LogP contribution in [0.5, 0.6) is 0 Å². The number of piperazine rings is 1. The van der Waals surface area contributed by atoms with E-state index in [9.17, 15) is 19.6 Å². The highest BCUT2D eigenvalue weighted by Crippen LogP contribution is 2.29. The molecule has 0 saturated carbocycles. The van der Waals surface area contributed by atoms with Crippen LogP contribution < -0.4 is 5.32 Å². The molecular formula is C26H27N5O3S. The molecule has 2 aliphatic heterocycles. The van der Waals surface area contributed by atoms with Crippen LogP contribution in [0.15, 0.2) is 72.4 Å². The second kappa shape index (κ2) is 11.7. The van der Waals surface area contributed by atoms with Gasteiger partial charge in [-0.1, -0.05) is 72.4 Å². The smallest absolute Gasteiger partial charge is 0.288 e. The van der Waals surface area contributed by atoms with Crippen molar-refractivity contribution >= 4 is 28.8 Å². The van der Waals surface area contributed by atoms with Crippen molar-refractivity contribution in [1.82, 2.24) is 20.0 Å². The summed E-state index contributed by atoms with van der Waals surface area (Å²) in [6, 6.07) is 22.7. The number of benzene rings is 2.